The molecule has 0 aliphatic rings. The number of nitro benzene ring substituents is 1. The van der Waals surface area contributed by atoms with Crippen LogP contribution in [0.3, 0.4) is 0 Å². The minimum Gasteiger partial charge on any atom is -0.465 e. The van der Waals surface area contributed by atoms with Crippen molar-refractivity contribution in [3.63, 3.8) is 0 Å². The normalized spacial score (nSPS) is 11.0. The number of hydrogen-bond donors (Lipinski definition) is 2. The Labute approximate surface area is 175 Å². The second-order valence-electron chi connectivity index (χ2n) is 5.73. The van der Waals surface area contributed by atoms with E-state index in [0.717, 1.165) is 23.8 Å². The summed E-state index contributed by atoms with van der Waals surface area (Å²) >= 11 is 10.6. The third-order valence-electron chi connectivity index (χ3n) is 3.64. The summed E-state index contributed by atoms with van der Waals surface area (Å²) in [4.78, 5) is 22.0. The number of nitrogens with zero attached hydrogens (tertiary/aromatic N) is 2. The first-order valence-corrected chi connectivity index (χ1v) is 9.89. The zero-order chi connectivity index (χ0) is 21.9. The zero-order valence-corrected chi connectivity index (χ0v) is 17.1. The van der Waals surface area contributed by atoms with Crippen LogP contribution >= 0.6 is 23.8 Å². The minimum atomic E-state index is -4.37. The van der Waals surface area contributed by atoms with Gasteiger partial charge in [-0.3, -0.25) is 10.1 Å². The summed E-state index contributed by atoms with van der Waals surface area (Å²) < 4.78 is 29.9. The number of halogens is 1. The van der Waals surface area contributed by atoms with Gasteiger partial charge in [-0.1, -0.05) is 17.7 Å². The number of benzene rings is 2. The van der Waals surface area contributed by atoms with Crippen LogP contribution < -0.4 is 9.92 Å². The quantitative estimate of drug-likeness (QED) is 0.287. The molecule has 3 N–H and O–H groups in total. The molecule has 0 heterocycles. The monoisotopic (exact) mass is 459 g/mol. The Morgan fingerprint density at radius 3 is 2.52 bits per heavy atom. The van der Waals surface area contributed by atoms with E-state index < -0.39 is 38.5 Å². The number of rotatable bonds is 6. The van der Waals surface area contributed by atoms with Crippen molar-refractivity contribution in [3.05, 3.63) is 62.7 Å². The summed E-state index contributed by atoms with van der Waals surface area (Å²) in [6, 6.07) is 7.34. The molecular weight excluding hydrogens is 446 g/mol. The van der Waals surface area contributed by atoms with Crippen LogP contribution in [0.1, 0.15) is 11.1 Å². The Morgan fingerprint density at radius 2 is 2.00 bits per heavy atom. The lowest BCUT2D eigenvalue weighted by molar-refractivity contribution is -0.385. The molecule has 0 saturated heterocycles. The van der Waals surface area contributed by atoms with Crippen molar-refractivity contribution in [1.82, 2.24) is 4.90 Å². The van der Waals surface area contributed by atoms with Crippen molar-refractivity contribution < 1.29 is 27.4 Å². The molecule has 0 unspecified atom stereocenters. The van der Waals surface area contributed by atoms with E-state index in [1.54, 1.807) is 6.92 Å². The first-order chi connectivity index (χ1) is 13.4. The number of aryl methyl sites for hydroxylation is 1. The Kier molecular flexibility index (Phi) is 6.62. The van der Waals surface area contributed by atoms with Gasteiger partial charge in [-0.15, -0.1) is 0 Å². The molecule has 2 aromatic carbocycles. The topological polar surface area (TPSA) is 153 Å². The van der Waals surface area contributed by atoms with Gasteiger partial charge in [0.1, 0.15) is 10.6 Å². The lowest BCUT2D eigenvalue weighted by Crippen LogP contribution is -2.39. The van der Waals surface area contributed by atoms with Crippen molar-refractivity contribution in [2.24, 2.45) is 5.73 Å². The Hall–Kier alpha value is -2.96. The highest BCUT2D eigenvalue weighted by molar-refractivity contribution is 7.87. The molecule has 0 bridgehead atoms. The molecule has 13 heteroatoms. The number of nitro groups is 1. The van der Waals surface area contributed by atoms with Gasteiger partial charge in [0.25, 0.3) is 5.69 Å². The van der Waals surface area contributed by atoms with Crippen molar-refractivity contribution in [1.29, 1.82) is 0 Å². The lowest BCUT2D eigenvalue weighted by atomic mass is 10.1. The number of nitrogens with two attached hydrogens (primary N) is 1. The number of thiocarbonyl (C=S) groups is 1. The molecule has 0 saturated carbocycles. The van der Waals surface area contributed by atoms with Crippen molar-refractivity contribution in [2.75, 3.05) is 0 Å². The molecule has 0 aliphatic carbocycles. The molecular formula is C16H14ClN3O7S2. The van der Waals surface area contributed by atoms with Crippen LogP contribution in [0.4, 0.5) is 10.5 Å². The lowest BCUT2D eigenvalue weighted by Gasteiger charge is -2.17. The molecule has 0 radical (unpaired) electrons. The standard InChI is InChI=1S/C16H14ClN3O7S2/c1-9-2-5-14(12(17)6-9)29(25,26)27-11-4-3-10(13(7-11)20(23)24)8-19(15(18)28)16(21)22/h2-7H,8H2,1H3,(H2,18,28)(H,21,22). The van der Waals surface area contributed by atoms with Crippen molar-refractivity contribution >= 4 is 50.8 Å². The zero-order valence-electron chi connectivity index (χ0n) is 14.7. The fourth-order valence-electron chi connectivity index (χ4n) is 2.29. The van der Waals surface area contributed by atoms with Crippen molar-refractivity contribution in [3.8, 4) is 5.75 Å². The average molecular weight is 460 g/mol. The summed E-state index contributed by atoms with van der Waals surface area (Å²) in [5.74, 6) is -0.353. The second-order valence-corrected chi connectivity index (χ2v) is 8.07. The van der Waals surface area contributed by atoms with Gasteiger partial charge in [0, 0.05) is 0 Å². The van der Waals surface area contributed by atoms with Crippen LogP contribution in [0.5, 0.6) is 5.75 Å². The number of carbonyl (C=O) groups is 1. The fraction of sp³-hybridized carbons (Fsp3) is 0.125. The Balaban J connectivity index is 2.40. The predicted octanol–water partition coefficient (Wildman–Crippen LogP) is 3.05. The summed E-state index contributed by atoms with van der Waals surface area (Å²) in [5, 5.41) is 19.9. The van der Waals surface area contributed by atoms with E-state index in [0.29, 0.717) is 4.90 Å². The van der Waals surface area contributed by atoms with Crippen molar-refractivity contribution in [2.45, 2.75) is 18.4 Å². The van der Waals surface area contributed by atoms with Crippen LogP contribution in [-0.2, 0) is 16.7 Å². The molecule has 10 nitrogen and oxygen atoms in total. The van der Waals surface area contributed by atoms with Gasteiger partial charge >= 0.3 is 16.2 Å². The maximum Gasteiger partial charge on any atom is 0.413 e. The van der Waals surface area contributed by atoms with E-state index in [2.05, 4.69) is 12.2 Å². The SMILES string of the molecule is Cc1ccc(S(=O)(=O)Oc2ccc(CN(C(=O)O)C(N)=S)c([N+](=O)[O-])c2)c(Cl)c1. The van der Waals surface area contributed by atoms with Gasteiger partial charge in [0.05, 0.1) is 28.1 Å². The molecule has 2 rings (SSSR count). The van der Waals surface area contributed by atoms with Gasteiger partial charge < -0.3 is 15.0 Å². The molecule has 2 aromatic rings. The van der Waals surface area contributed by atoms with Crippen LogP contribution in [0.15, 0.2) is 41.3 Å². The third-order valence-corrected chi connectivity index (χ3v) is 5.59. The van der Waals surface area contributed by atoms with E-state index in [1.807, 2.05) is 0 Å². The summed E-state index contributed by atoms with van der Waals surface area (Å²) in [7, 11) is -4.37. The summed E-state index contributed by atoms with van der Waals surface area (Å²) in [6.07, 6.45) is -1.50. The average Bonchev–Trinajstić information content (AvgIpc) is 2.58. The van der Waals surface area contributed by atoms with E-state index in [9.17, 15) is 23.3 Å². The first-order valence-electron chi connectivity index (χ1n) is 7.70. The van der Waals surface area contributed by atoms with E-state index >= 15 is 0 Å². The van der Waals surface area contributed by atoms with E-state index in [4.69, 9.17) is 26.6 Å². The number of amides is 1. The summed E-state index contributed by atoms with van der Waals surface area (Å²) in [6.45, 7) is 1.22. The van der Waals surface area contributed by atoms with E-state index in [-0.39, 0.29) is 21.2 Å². The molecule has 1 amide bonds. The highest BCUT2D eigenvalue weighted by atomic mass is 35.5. The largest absolute Gasteiger partial charge is 0.465 e. The Bertz CT molecular complexity index is 1090. The van der Waals surface area contributed by atoms with Crippen LogP contribution in [0, 0.1) is 17.0 Å². The second kappa shape index (κ2) is 8.59. The van der Waals surface area contributed by atoms with Crippen LogP contribution in [-0.4, -0.2) is 34.6 Å². The molecule has 0 aromatic heterocycles. The smallest absolute Gasteiger partial charge is 0.413 e. The fourth-order valence-corrected chi connectivity index (χ4v) is 3.93. The number of hydrogen-bond acceptors (Lipinski definition) is 7. The van der Waals surface area contributed by atoms with Crippen LogP contribution in [0.2, 0.25) is 5.02 Å². The molecule has 0 aliphatic heterocycles. The van der Waals surface area contributed by atoms with Gasteiger partial charge in [-0.05, 0) is 49.0 Å². The maximum absolute atomic E-state index is 12.5. The summed E-state index contributed by atoms with van der Waals surface area (Å²) in [5.41, 5.74) is 5.40. The van der Waals surface area contributed by atoms with Crippen LogP contribution in [0.25, 0.3) is 0 Å². The van der Waals surface area contributed by atoms with Gasteiger partial charge in [0.2, 0.25) is 0 Å². The first kappa shape index (κ1) is 22.3. The molecule has 154 valence electrons. The molecule has 29 heavy (non-hydrogen) atoms. The third kappa shape index (κ3) is 5.31. The van der Waals surface area contributed by atoms with Gasteiger partial charge in [-0.25, -0.2) is 9.69 Å². The van der Waals surface area contributed by atoms with Gasteiger partial charge in [-0.2, -0.15) is 8.42 Å². The number of carboxylic acid groups (broad SMARTS) is 1. The molecule has 0 fully saturated rings. The highest BCUT2D eigenvalue weighted by Crippen LogP contribution is 2.30. The molecule has 0 spiro atoms. The molecule has 0 atom stereocenters. The predicted molar refractivity (Wildman–Crippen MR) is 107 cm³/mol. The maximum atomic E-state index is 12.5. The van der Waals surface area contributed by atoms with Gasteiger partial charge in [0.15, 0.2) is 5.11 Å². The minimum absolute atomic E-state index is 0.0651. The van der Waals surface area contributed by atoms with E-state index in [1.165, 1.54) is 18.2 Å². The highest BCUT2D eigenvalue weighted by Gasteiger charge is 2.25. The Morgan fingerprint density at radius 1 is 1.34 bits per heavy atom.